The number of ether oxygens (including phenoxy) is 1. The van der Waals surface area contributed by atoms with E-state index in [2.05, 4.69) is 70.7 Å². The summed E-state index contributed by atoms with van der Waals surface area (Å²) in [6.07, 6.45) is 13.1. The van der Waals surface area contributed by atoms with Crippen LogP contribution in [0.2, 0.25) is 0 Å². The smallest absolute Gasteiger partial charge is 0.410 e. The summed E-state index contributed by atoms with van der Waals surface area (Å²) < 4.78 is 5.62. The Hall–Kier alpha value is -2.56. The van der Waals surface area contributed by atoms with Crippen LogP contribution >= 0.6 is 0 Å². The summed E-state index contributed by atoms with van der Waals surface area (Å²) in [5, 5.41) is 0. The Morgan fingerprint density at radius 1 is 1.15 bits per heavy atom. The van der Waals surface area contributed by atoms with Gasteiger partial charge in [0.05, 0.1) is 0 Å². The summed E-state index contributed by atoms with van der Waals surface area (Å²) in [5.74, 6) is 0. The van der Waals surface area contributed by atoms with Gasteiger partial charge in [-0.3, -0.25) is 4.99 Å². The second-order valence-corrected chi connectivity index (χ2v) is 9.51. The first kappa shape index (κ1) is 28.5. The number of hydrogen-bond acceptors (Lipinski definition) is 4. The number of piperazine rings is 1. The van der Waals surface area contributed by atoms with Crippen molar-refractivity contribution in [2.45, 2.75) is 87.3 Å². The van der Waals surface area contributed by atoms with Gasteiger partial charge in [-0.25, -0.2) is 4.79 Å². The Bertz CT molecular complexity index is 851. The predicted molar refractivity (Wildman–Crippen MR) is 142 cm³/mol. The van der Waals surface area contributed by atoms with Crippen LogP contribution in [-0.4, -0.2) is 52.9 Å². The fourth-order valence-corrected chi connectivity index (χ4v) is 3.90. The van der Waals surface area contributed by atoms with Gasteiger partial charge in [0.25, 0.3) is 0 Å². The first-order valence-corrected chi connectivity index (χ1v) is 12.1. The third kappa shape index (κ3) is 8.71. The van der Waals surface area contributed by atoms with Crippen molar-refractivity contribution in [2.75, 3.05) is 19.6 Å². The van der Waals surface area contributed by atoms with Crippen LogP contribution in [0, 0.1) is 0 Å². The molecule has 0 aromatic carbocycles. The van der Waals surface area contributed by atoms with Crippen LogP contribution < -0.4 is 0 Å². The van der Waals surface area contributed by atoms with E-state index in [1.54, 1.807) is 0 Å². The number of amides is 1. The first-order valence-electron chi connectivity index (χ1n) is 12.1. The van der Waals surface area contributed by atoms with Gasteiger partial charge in [-0.15, -0.1) is 0 Å². The molecule has 0 spiro atoms. The van der Waals surface area contributed by atoms with E-state index in [1.165, 1.54) is 16.8 Å². The fraction of sp³-hybridized carbons (Fsp3) is 0.571. The minimum Gasteiger partial charge on any atom is -0.444 e. The number of rotatable bonds is 7. The lowest BCUT2D eigenvalue weighted by Crippen LogP contribution is -2.54. The van der Waals surface area contributed by atoms with Crippen molar-refractivity contribution in [3.05, 3.63) is 59.0 Å². The van der Waals surface area contributed by atoms with Crippen LogP contribution in [0.15, 0.2) is 64.0 Å². The molecule has 33 heavy (non-hydrogen) atoms. The van der Waals surface area contributed by atoms with E-state index in [0.717, 1.165) is 30.8 Å². The highest BCUT2D eigenvalue weighted by Gasteiger charge is 2.32. The lowest BCUT2D eigenvalue weighted by molar-refractivity contribution is 0.00495. The first-order chi connectivity index (χ1) is 15.5. The summed E-state index contributed by atoms with van der Waals surface area (Å²) in [5.41, 5.74) is 5.19. The van der Waals surface area contributed by atoms with Gasteiger partial charge in [-0.1, -0.05) is 37.3 Å². The van der Waals surface area contributed by atoms with Gasteiger partial charge in [0.2, 0.25) is 0 Å². The third-order valence-electron chi connectivity index (χ3n) is 5.58. The number of carbonyl (C=O) groups is 1. The highest BCUT2D eigenvalue weighted by Crippen LogP contribution is 2.28. The van der Waals surface area contributed by atoms with Crippen LogP contribution in [0.5, 0.6) is 0 Å². The zero-order valence-electron chi connectivity index (χ0n) is 22.5. The molecule has 1 fully saturated rings. The van der Waals surface area contributed by atoms with Crippen LogP contribution in [-0.2, 0) is 4.74 Å². The molecule has 0 aliphatic carbocycles. The van der Waals surface area contributed by atoms with E-state index in [9.17, 15) is 4.79 Å². The van der Waals surface area contributed by atoms with Crippen molar-refractivity contribution < 1.29 is 9.53 Å². The van der Waals surface area contributed by atoms with E-state index >= 15 is 0 Å². The van der Waals surface area contributed by atoms with Crippen LogP contribution in [0.4, 0.5) is 4.79 Å². The average molecular weight is 456 g/mol. The van der Waals surface area contributed by atoms with Crippen molar-refractivity contribution in [3.63, 3.8) is 0 Å². The maximum absolute atomic E-state index is 12.7. The van der Waals surface area contributed by atoms with E-state index in [4.69, 9.17) is 9.73 Å². The van der Waals surface area contributed by atoms with Gasteiger partial charge in [0.15, 0.2) is 0 Å². The number of allylic oxidation sites excluding steroid dienone is 9. The SMILES string of the molecule is C\C=C/C=C(C)/C(=C/C)C(/C(C)=N/C=C/CC)=C(/C)N1CCN(C(=O)OC(C)(C)C)C(C)C1. The van der Waals surface area contributed by atoms with Gasteiger partial charge in [-0.05, 0) is 79.9 Å². The van der Waals surface area contributed by atoms with E-state index < -0.39 is 5.60 Å². The standard InChI is InChI=1S/C28H45N3O2/c1-11-14-16-21(4)25(13-3)26(23(6)29-17-15-12-2)24(7)30-18-19-31(22(5)20-30)27(32)33-28(8,9)10/h11,13-17,22H,12,18-20H2,1-10H3/b14-11-,17-15+,21-16+,25-13-,26-24-,29-23+. The largest absolute Gasteiger partial charge is 0.444 e. The quantitative estimate of drug-likeness (QED) is 0.305. The molecule has 5 heteroatoms. The van der Waals surface area contributed by atoms with Crippen molar-refractivity contribution >= 4 is 11.8 Å². The summed E-state index contributed by atoms with van der Waals surface area (Å²) >= 11 is 0. The molecule has 1 heterocycles. The minimum absolute atomic E-state index is 0.0516. The van der Waals surface area contributed by atoms with Crippen LogP contribution in [0.3, 0.4) is 0 Å². The van der Waals surface area contributed by atoms with Crippen molar-refractivity contribution in [1.29, 1.82) is 0 Å². The lowest BCUT2D eigenvalue weighted by atomic mass is 9.92. The molecule has 0 saturated carbocycles. The molecular weight excluding hydrogens is 410 g/mol. The molecule has 0 aromatic heterocycles. The lowest BCUT2D eigenvalue weighted by Gasteiger charge is -2.42. The van der Waals surface area contributed by atoms with Crippen molar-refractivity contribution in [1.82, 2.24) is 9.80 Å². The Kier molecular flexibility index (Phi) is 11.4. The molecule has 0 aromatic rings. The molecule has 1 saturated heterocycles. The highest BCUT2D eigenvalue weighted by atomic mass is 16.6. The van der Waals surface area contributed by atoms with Gasteiger partial charge < -0.3 is 14.5 Å². The molecular formula is C28H45N3O2. The van der Waals surface area contributed by atoms with Gasteiger partial charge >= 0.3 is 6.09 Å². The second-order valence-electron chi connectivity index (χ2n) is 9.51. The zero-order valence-corrected chi connectivity index (χ0v) is 22.5. The number of carbonyl (C=O) groups excluding carboxylic acids is 1. The predicted octanol–water partition coefficient (Wildman–Crippen LogP) is 7.05. The van der Waals surface area contributed by atoms with E-state index in [-0.39, 0.29) is 12.1 Å². The monoisotopic (exact) mass is 455 g/mol. The number of hydrogen-bond donors (Lipinski definition) is 0. The van der Waals surface area contributed by atoms with Gasteiger partial charge in [-0.2, -0.15) is 0 Å². The topological polar surface area (TPSA) is 45.1 Å². The fourth-order valence-electron chi connectivity index (χ4n) is 3.90. The summed E-state index contributed by atoms with van der Waals surface area (Å²) in [6.45, 7) is 22.5. The zero-order chi connectivity index (χ0) is 25.2. The van der Waals surface area contributed by atoms with Gasteiger partial charge in [0.1, 0.15) is 5.60 Å². The molecule has 0 N–H and O–H groups in total. The average Bonchev–Trinajstić information content (AvgIpc) is 2.73. The molecule has 1 aliphatic heterocycles. The Morgan fingerprint density at radius 3 is 2.33 bits per heavy atom. The maximum Gasteiger partial charge on any atom is 0.410 e. The number of nitrogens with zero attached hydrogens (tertiary/aromatic N) is 3. The van der Waals surface area contributed by atoms with Crippen LogP contribution in [0.25, 0.3) is 0 Å². The molecule has 184 valence electrons. The van der Waals surface area contributed by atoms with Crippen molar-refractivity contribution in [3.8, 4) is 0 Å². The highest BCUT2D eigenvalue weighted by molar-refractivity contribution is 6.04. The molecule has 1 unspecified atom stereocenters. The van der Waals surface area contributed by atoms with Crippen molar-refractivity contribution in [2.24, 2.45) is 4.99 Å². The molecule has 1 aliphatic rings. The summed E-state index contributed by atoms with van der Waals surface area (Å²) in [4.78, 5) is 21.6. The molecule has 0 bridgehead atoms. The normalized spacial score (nSPS) is 20.1. The molecule has 1 amide bonds. The number of aliphatic imine (C=N–C) groups is 1. The molecule has 1 atom stereocenters. The Labute approximate surface area is 202 Å². The van der Waals surface area contributed by atoms with Crippen LogP contribution in [0.1, 0.15) is 75.7 Å². The Balaban J connectivity index is 3.35. The van der Waals surface area contributed by atoms with Gasteiger partial charge in [0, 0.05) is 48.9 Å². The molecule has 5 nitrogen and oxygen atoms in total. The summed E-state index contributed by atoms with van der Waals surface area (Å²) in [7, 11) is 0. The third-order valence-corrected chi connectivity index (χ3v) is 5.58. The van der Waals surface area contributed by atoms with E-state index in [0.29, 0.717) is 6.54 Å². The second kappa shape index (κ2) is 13.2. The maximum atomic E-state index is 12.7. The Morgan fingerprint density at radius 2 is 1.82 bits per heavy atom. The van der Waals surface area contributed by atoms with E-state index in [1.807, 2.05) is 44.9 Å². The molecule has 1 rings (SSSR count). The molecule has 0 radical (unpaired) electrons. The summed E-state index contributed by atoms with van der Waals surface area (Å²) in [6, 6.07) is 0.0516. The minimum atomic E-state index is -0.492.